The molecular weight excluding hydrogens is 494 g/mol. The first-order valence-corrected chi connectivity index (χ1v) is 12.4. The van der Waals surface area contributed by atoms with Crippen molar-refractivity contribution < 1.29 is 23.1 Å². The number of para-hydroxylation sites is 2. The summed E-state index contributed by atoms with van der Waals surface area (Å²) in [5.41, 5.74) is 0.996. The number of aromatic hydroxyl groups is 1. The van der Waals surface area contributed by atoms with E-state index in [2.05, 4.69) is 20.9 Å². The van der Waals surface area contributed by atoms with Crippen molar-refractivity contribution in [3.05, 3.63) is 108 Å². The molecule has 186 valence electrons. The van der Waals surface area contributed by atoms with E-state index in [-0.39, 0.29) is 21.7 Å². The molecule has 0 radical (unpaired) electrons. The molecule has 0 spiro atoms. The zero-order valence-electron chi connectivity index (χ0n) is 19.2. The van der Waals surface area contributed by atoms with Crippen LogP contribution in [0, 0.1) is 0 Å². The van der Waals surface area contributed by atoms with Gasteiger partial charge in [0.1, 0.15) is 5.75 Å². The first-order valence-electron chi connectivity index (χ1n) is 10.8. The van der Waals surface area contributed by atoms with Crippen LogP contribution >= 0.6 is 0 Å². The van der Waals surface area contributed by atoms with Crippen LogP contribution in [0.2, 0.25) is 0 Å². The maximum atomic E-state index is 13.0. The third kappa shape index (κ3) is 6.42. The van der Waals surface area contributed by atoms with E-state index in [1.165, 1.54) is 36.4 Å². The molecule has 0 aliphatic carbocycles. The Morgan fingerprint density at radius 1 is 0.676 bits per heavy atom. The van der Waals surface area contributed by atoms with Crippen LogP contribution in [0.4, 0.5) is 22.7 Å². The minimum absolute atomic E-state index is 0.0872. The quantitative estimate of drug-likeness (QED) is 0.255. The van der Waals surface area contributed by atoms with Crippen molar-refractivity contribution in [3.63, 3.8) is 0 Å². The van der Waals surface area contributed by atoms with Gasteiger partial charge in [0, 0.05) is 11.4 Å². The number of phenolic OH excluding ortho intramolecular Hbond substituents is 1. The monoisotopic (exact) mass is 515 g/mol. The van der Waals surface area contributed by atoms with Crippen LogP contribution in [0.15, 0.2) is 112 Å². The van der Waals surface area contributed by atoms with E-state index < -0.39 is 27.6 Å². The van der Waals surface area contributed by atoms with Gasteiger partial charge in [-0.1, -0.05) is 36.4 Å². The smallest absolute Gasteiger partial charge is 0.259 e. The average Bonchev–Trinajstić information content (AvgIpc) is 2.89. The SMILES string of the molecule is NS(=O)(=O)c1ccc(N=Nc2cc(C(=O)Nc3ccccc3)c(O)c(C(=O)Nc3ccccc3)c2)cc1. The number of primary sulfonamides is 1. The molecule has 0 aliphatic rings. The maximum absolute atomic E-state index is 13.0. The number of carbonyl (C=O) groups is 2. The zero-order chi connectivity index (χ0) is 26.4. The number of carbonyl (C=O) groups excluding carboxylic acids is 2. The van der Waals surface area contributed by atoms with Gasteiger partial charge in [0.2, 0.25) is 10.0 Å². The number of rotatable bonds is 7. The van der Waals surface area contributed by atoms with Crippen LogP contribution in [0.5, 0.6) is 5.75 Å². The third-order valence-electron chi connectivity index (χ3n) is 5.09. The lowest BCUT2D eigenvalue weighted by Crippen LogP contribution is -2.16. The van der Waals surface area contributed by atoms with E-state index in [4.69, 9.17) is 5.14 Å². The van der Waals surface area contributed by atoms with Gasteiger partial charge < -0.3 is 15.7 Å². The molecule has 0 saturated carbocycles. The predicted octanol–water partition coefficient (Wildman–Crippen LogP) is 4.96. The number of phenols is 1. The molecule has 0 aliphatic heterocycles. The molecule has 10 nitrogen and oxygen atoms in total. The number of benzene rings is 4. The predicted molar refractivity (Wildman–Crippen MR) is 139 cm³/mol. The van der Waals surface area contributed by atoms with E-state index >= 15 is 0 Å². The van der Waals surface area contributed by atoms with Gasteiger partial charge in [0.05, 0.1) is 27.4 Å². The Bertz CT molecular complexity index is 1500. The highest BCUT2D eigenvalue weighted by molar-refractivity contribution is 7.89. The fraction of sp³-hybridized carbons (Fsp3) is 0. The summed E-state index contributed by atoms with van der Waals surface area (Å²) in [5, 5.41) is 29.4. The zero-order valence-corrected chi connectivity index (χ0v) is 20.0. The molecule has 37 heavy (non-hydrogen) atoms. The molecule has 4 aromatic carbocycles. The Morgan fingerprint density at radius 3 is 1.54 bits per heavy atom. The molecule has 0 fully saturated rings. The minimum Gasteiger partial charge on any atom is -0.506 e. The van der Waals surface area contributed by atoms with E-state index in [1.54, 1.807) is 60.7 Å². The van der Waals surface area contributed by atoms with E-state index in [9.17, 15) is 23.1 Å². The number of nitrogens with two attached hydrogens (primary N) is 1. The lowest BCUT2D eigenvalue weighted by atomic mass is 10.1. The fourth-order valence-electron chi connectivity index (χ4n) is 3.28. The van der Waals surface area contributed by atoms with Crippen molar-refractivity contribution in [1.82, 2.24) is 0 Å². The van der Waals surface area contributed by atoms with Crippen LogP contribution in [0.25, 0.3) is 0 Å². The van der Waals surface area contributed by atoms with Crippen LogP contribution in [-0.4, -0.2) is 25.3 Å². The third-order valence-corrected chi connectivity index (χ3v) is 6.02. The standard InChI is InChI=1S/C26H21N5O5S/c27-37(35,36)21-13-11-19(12-14-21)30-31-20-15-22(25(33)28-17-7-3-1-4-8-17)24(32)23(16-20)26(34)29-18-9-5-2-6-10-18/h1-16,32H,(H,28,33)(H,29,34)(H2,27,35,36). The fourth-order valence-corrected chi connectivity index (χ4v) is 3.80. The summed E-state index contributed by atoms with van der Waals surface area (Å²) in [6, 6.07) is 25.1. The highest BCUT2D eigenvalue weighted by atomic mass is 32.2. The van der Waals surface area contributed by atoms with Crippen LogP contribution in [0.1, 0.15) is 20.7 Å². The number of sulfonamides is 1. The van der Waals surface area contributed by atoms with Crippen molar-refractivity contribution in [1.29, 1.82) is 0 Å². The molecule has 2 amide bonds. The van der Waals surface area contributed by atoms with E-state index in [0.717, 1.165) is 0 Å². The van der Waals surface area contributed by atoms with E-state index in [1.807, 2.05) is 0 Å². The number of hydrogen-bond acceptors (Lipinski definition) is 7. The number of nitrogens with one attached hydrogen (secondary N) is 2. The summed E-state index contributed by atoms with van der Waals surface area (Å²) in [6.07, 6.45) is 0. The molecule has 0 aromatic heterocycles. The largest absolute Gasteiger partial charge is 0.506 e. The Labute approximate surface area is 212 Å². The highest BCUT2D eigenvalue weighted by Gasteiger charge is 2.21. The topological polar surface area (TPSA) is 163 Å². The second-order valence-electron chi connectivity index (χ2n) is 7.77. The van der Waals surface area contributed by atoms with Crippen molar-refractivity contribution in [2.24, 2.45) is 15.4 Å². The van der Waals surface area contributed by atoms with Gasteiger partial charge in [0.25, 0.3) is 11.8 Å². The first kappa shape index (κ1) is 25.2. The molecule has 0 heterocycles. The first-order chi connectivity index (χ1) is 17.7. The Kier molecular flexibility index (Phi) is 7.37. The second-order valence-corrected chi connectivity index (χ2v) is 9.33. The van der Waals surface area contributed by atoms with Gasteiger partial charge in [-0.3, -0.25) is 9.59 Å². The molecular formula is C26H21N5O5S. The van der Waals surface area contributed by atoms with Gasteiger partial charge in [-0.25, -0.2) is 13.6 Å². The van der Waals surface area contributed by atoms with Crippen LogP contribution in [-0.2, 0) is 10.0 Å². The lowest BCUT2D eigenvalue weighted by molar-refractivity contribution is 0.102. The van der Waals surface area contributed by atoms with Gasteiger partial charge in [0.15, 0.2) is 0 Å². The minimum atomic E-state index is -3.86. The van der Waals surface area contributed by atoms with Crippen LogP contribution in [0.3, 0.4) is 0 Å². The maximum Gasteiger partial charge on any atom is 0.259 e. The number of hydrogen-bond donors (Lipinski definition) is 4. The number of amides is 2. The van der Waals surface area contributed by atoms with E-state index in [0.29, 0.717) is 17.1 Å². The molecule has 5 N–H and O–H groups in total. The Balaban J connectivity index is 1.70. The van der Waals surface area contributed by atoms with Gasteiger partial charge in [-0.05, 0) is 60.7 Å². The highest BCUT2D eigenvalue weighted by Crippen LogP contribution is 2.31. The van der Waals surface area contributed by atoms with Crippen molar-refractivity contribution in [3.8, 4) is 5.75 Å². The van der Waals surface area contributed by atoms with Gasteiger partial charge in [-0.15, -0.1) is 0 Å². The molecule has 0 saturated heterocycles. The van der Waals surface area contributed by atoms with Gasteiger partial charge >= 0.3 is 0 Å². The normalized spacial score (nSPS) is 11.3. The summed E-state index contributed by atoms with van der Waals surface area (Å²) in [5.74, 6) is -1.85. The molecule has 0 bridgehead atoms. The van der Waals surface area contributed by atoms with Crippen molar-refractivity contribution in [2.75, 3.05) is 10.6 Å². The van der Waals surface area contributed by atoms with Gasteiger partial charge in [-0.2, -0.15) is 10.2 Å². The molecule has 0 atom stereocenters. The van der Waals surface area contributed by atoms with Crippen molar-refractivity contribution >= 4 is 44.6 Å². The summed E-state index contributed by atoms with van der Waals surface area (Å²) in [6.45, 7) is 0. The Morgan fingerprint density at radius 2 is 1.11 bits per heavy atom. The molecule has 0 unspecified atom stereocenters. The van der Waals surface area contributed by atoms with Crippen molar-refractivity contribution in [2.45, 2.75) is 4.90 Å². The second kappa shape index (κ2) is 10.8. The number of anilines is 2. The summed E-state index contributed by atoms with van der Waals surface area (Å²) in [7, 11) is -3.86. The molecule has 4 aromatic rings. The average molecular weight is 516 g/mol. The molecule has 11 heteroatoms. The number of nitrogens with zero attached hydrogens (tertiary/aromatic N) is 2. The number of azo groups is 1. The van der Waals surface area contributed by atoms with Crippen LogP contribution < -0.4 is 15.8 Å². The summed E-state index contributed by atoms with van der Waals surface area (Å²) < 4.78 is 22.9. The Hall–Kier alpha value is -4.87. The summed E-state index contributed by atoms with van der Waals surface area (Å²) >= 11 is 0. The summed E-state index contributed by atoms with van der Waals surface area (Å²) in [4.78, 5) is 25.9. The lowest BCUT2D eigenvalue weighted by Gasteiger charge is -2.12. The molecule has 4 rings (SSSR count).